The highest BCUT2D eigenvalue weighted by atomic mass is 31.2. The van der Waals surface area contributed by atoms with Crippen LogP contribution in [0.2, 0.25) is 0 Å². The monoisotopic (exact) mass is 460 g/mol. The predicted molar refractivity (Wildman–Crippen MR) is 101 cm³/mol. The van der Waals surface area contributed by atoms with Gasteiger partial charge in [0.1, 0.15) is 36.2 Å². The number of anilines is 1. The molecule has 0 aliphatic carbocycles. The molecule has 0 aromatic carbocycles. The Morgan fingerprint density at radius 2 is 2.06 bits per heavy atom. The number of aliphatic hydroxyl groups excluding tert-OH is 2. The molecule has 1 aliphatic heterocycles. The number of nitrogens with zero attached hydrogens (tertiary/aromatic N) is 4. The van der Waals surface area contributed by atoms with Gasteiger partial charge in [0.05, 0.1) is 12.9 Å². The average Bonchev–Trinajstić information content (AvgIpc) is 3.22. The summed E-state index contributed by atoms with van der Waals surface area (Å²) in [5.74, 6) is -1.64. The maximum Gasteiger partial charge on any atom is 0.529 e. The normalized spacial score (nSPS) is 26.4. The second-order valence-electron chi connectivity index (χ2n) is 6.73. The topological polar surface area (TPSA) is 221 Å². The van der Waals surface area contributed by atoms with E-state index in [-0.39, 0.29) is 17.0 Å². The number of ether oxygens (including phenoxy) is 1. The molecule has 2 aromatic heterocycles. The number of rotatable bonds is 7. The number of amides is 1. The summed E-state index contributed by atoms with van der Waals surface area (Å²) in [4.78, 5) is 44.3. The predicted octanol–water partition coefficient (Wildman–Crippen LogP) is -1.79. The van der Waals surface area contributed by atoms with Crippen molar-refractivity contribution < 1.29 is 43.0 Å². The van der Waals surface area contributed by atoms with Gasteiger partial charge in [0.25, 0.3) is 0 Å². The fraction of sp³-hybridized carbons (Fsp3) is 0.533. The summed E-state index contributed by atoms with van der Waals surface area (Å²) in [7, 11) is -4.90. The zero-order valence-electron chi connectivity index (χ0n) is 16.4. The van der Waals surface area contributed by atoms with E-state index in [1.165, 1.54) is 24.1 Å². The van der Waals surface area contributed by atoms with Crippen LogP contribution in [0.25, 0.3) is 11.2 Å². The number of aliphatic hydroxyl groups is 2. The molecular weight excluding hydrogens is 439 g/mol. The number of carbonyl (C=O) groups excluding carboxylic acids is 2. The first kappa shape index (κ1) is 23.0. The first-order valence-corrected chi connectivity index (χ1v) is 10.4. The Morgan fingerprint density at radius 3 is 2.74 bits per heavy atom. The van der Waals surface area contributed by atoms with E-state index < -0.39 is 56.9 Å². The third-order valence-corrected chi connectivity index (χ3v) is 5.27. The molecule has 15 nitrogen and oxygen atoms in total. The third kappa shape index (κ3) is 4.98. The molecule has 6 atom stereocenters. The van der Waals surface area contributed by atoms with Crippen molar-refractivity contribution in [1.29, 1.82) is 0 Å². The summed E-state index contributed by atoms with van der Waals surface area (Å²) in [6.07, 6.45) is -2.95. The van der Waals surface area contributed by atoms with E-state index in [9.17, 15) is 29.3 Å². The van der Waals surface area contributed by atoms with E-state index in [1.807, 2.05) is 0 Å². The SMILES string of the molecule is CC(=O)NC(C)C(=O)OP(=O)(O)OC[C@H]1O[C@@H](n2cnc3c(N)ncnc32)[C@H](O)[C@@H]1O. The van der Waals surface area contributed by atoms with Crippen molar-refractivity contribution in [2.75, 3.05) is 12.3 Å². The van der Waals surface area contributed by atoms with Crippen LogP contribution >= 0.6 is 7.82 Å². The van der Waals surface area contributed by atoms with Crippen molar-refractivity contribution in [3.63, 3.8) is 0 Å². The Morgan fingerprint density at radius 1 is 1.35 bits per heavy atom. The number of imidazole rings is 1. The minimum atomic E-state index is -4.90. The van der Waals surface area contributed by atoms with Crippen molar-refractivity contribution >= 4 is 36.7 Å². The highest BCUT2D eigenvalue weighted by Gasteiger charge is 2.45. The van der Waals surface area contributed by atoms with Gasteiger partial charge >= 0.3 is 13.8 Å². The quantitative estimate of drug-likeness (QED) is 0.288. The molecule has 31 heavy (non-hydrogen) atoms. The minimum Gasteiger partial charge on any atom is -0.387 e. The summed E-state index contributed by atoms with van der Waals surface area (Å²) in [6.45, 7) is 1.71. The van der Waals surface area contributed by atoms with Crippen LogP contribution in [0.15, 0.2) is 12.7 Å². The third-order valence-electron chi connectivity index (χ3n) is 4.38. The number of nitrogen functional groups attached to an aromatic ring is 1. The van der Waals surface area contributed by atoms with Gasteiger partial charge in [0.2, 0.25) is 5.91 Å². The van der Waals surface area contributed by atoms with E-state index in [0.29, 0.717) is 0 Å². The molecule has 1 aliphatic rings. The van der Waals surface area contributed by atoms with Crippen molar-refractivity contribution in [2.24, 2.45) is 0 Å². The lowest BCUT2D eigenvalue weighted by Crippen LogP contribution is -2.38. The van der Waals surface area contributed by atoms with Crippen LogP contribution < -0.4 is 11.1 Å². The van der Waals surface area contributed by atoms with Gasteiger partial charge in [-0.2, -0.15) is 0 Å². The van der Waals surface area contributed by atoms with Crippen LogP contribution in [-0.4, -0.2) is 77.5 Å². The lowest BCUT2D eigenvalue weighted by Gasteiger charge is -2.18. The van der Waals surface area contributed by atoms with Gasteiger partial charge in [0, 0.05) is 6.92 Å². The molecule has 3 heterocycles. The lowest BCUT2D eigenvalue weighted by molar-refractivity contribution is -0.140. The molecule has 2 aromatic rings. The number of fused-ring (bicyclic) bond motifs is 1. The van der Waals surface area contributed by atoms with Crippen LogP contribution in [0, 0.1) is 0 Å². The molecule has 0 radical (unpaired) electrons. The standard InChI is InChI=1S/C15H21N6O9P/c1-6(20-7(2)22)15(25)30-31(26,27)28-3-8-10(23)11(24)14(29-8)21-5-19-9-12(16)17-4-18-13(9)21/h4-6,8,10-11,14,23-24H,3H2,1-2H3,(H,20,22)(H,26,27)(H2,16,17,18)/t6?,8-,10-,11-,14-/m1/s1. The van der Waals surface area contributed by atoms with E-state index in [0.717, 1.165) is 6.92 Å². The minimum absolute atomic E-state index is 0.105. The fourth-order valence-corrected chi connectivity index (χ4v) is 3.68. The number of hydrogen-bond donors (Lipinski definition) is 5. The number of nitrogens with one attached hydrogen (secondary N) is 1. The summed E-state index contributed by atoms with van der Waals surface area (Å²) >= 11 is 0. The number of aromatic nitrogens is 4. The highest BCUT2D eigenvalue weighted by Crippen LogP contribution is 2.45. The van der Waals surface area contributed by atoms with Gasteiger partial charge < -0.3 is 30.5 Å². The van der Waals surface area contributed by atoms with Gasteiger partial charge in [-0.05, 0) is 6.92 Å². The Balaban J connectivity index is 1.65. The summed E-state index contributed by atoms with van der Waals surface area (Å²) in [5, 5.41) is 22.8. The second-order valence-corrected chi connectivity index (χ2v) is 8.10. The summed E-state index contributed by atoms with van der Waals surface area (Å²) < 4.78 is 28.0. The zero-order valence-corrected chi connectivity index (χ0v) is 17.2. The van der Waals surface area contributed by atoms with Crippen LogP contribution in [0.3, 0.4) is 0 Å². The summed E-state index contributed by atoms with van der Waals surface area (Å²) in [6, 6.07) is -1.19. The van der Waals surface area contributed by atoms with E-state index in [4.69, 9.17) is 15.0 Å². The van der Waals surface area contributed by atoms with E-state index >= 15 is 0 Å². The number of carbonyl (C=O) groups is 2. The van der Waals surface area contributed by atoms with Gasteiger partial charge in [-0.25, -0.2) is 24.3 Å². The maximum absolute atomic E-state index is 12.0. The molecule has 3 rings (SSSR count). The number of phosphoric acid groups is 1. The van der Waals surface area contributed by atoms with Gasteiger partial charge in [-0.1, -0.05) is 0 Å². The second kappa shape index (κ2) is 8.82. The molecule has 170 valence electrons. The Hall–Kier alpha value is -2.68. The first-order valence-electron chi connectivity index (χ1n) is 8.92. The molecule has 0 spiro atoms. The van der Waals surface area contributed by atoms with E-state index in [2.05, 4.69) is 24.8 Å². The first-order chi connectivity index (χ1) is 14.5. The molecule has 0 bridgehead atoms. The number of nitrogens with two attached hydrogens (primary N) is 1. The number of phosphoric ester groups is 1. The fourth-order valence-electron chi connectivity index (χ4n) is 2.90. The average molecular weight is 460 g/mol. The molecule has 2 unspecified atom stereocenters. The van der Waals surface area contributed by atoms with Crippen molar-refractivity contribution in [1.82, 2.24) is 24.8 Å². The van der Waals surface area contributed by atoms with Gasteiger partial charge in [0.15, 0.2) is 17.7 Å². The molecule has 16 heteroatoms. The smallest absolute Gasteiger partial charge is 0.387 e. The molecule has 0 saturated carbocycles. The zero-order chi connectivity index (χ0) is 22.9. The molecular formula is C15H21N6O9P. The number of hydrogen-bond acceptors (Lipinski definition) is 12. The Kier molecular flexibility index (Phi) is 6.54. The largest absolute Gasteiger partial charge is 0.529 e. The van der Waals surface area contributed by atoms with Gasteiger partial charge in [-0.3, -0.25) is 18.8 Å². The van der Waals surface area contributed by atoms with Crippen molar-refractivity contribution in [3.8, 4) is 0 Å². The molecule has 1 amide bonds. The molecule has 6 N–H and O–H groups in total. The maximum atomic E-state index is 12.0. The van der Waals surface area contributed by atoms with Crippen molar-refractivity contribution in [3.05, 3.63) is 12.7 Å². The Bertz CT molecular complexity index is 1030. The Labute approximate surface area is 174 Å². The molecule has 1 saturated heterocycles. The van der Waals surface area contributed by atoms with Crippen LogP contribution in [0.4, 0.5) is 5.82 Å². The summed E-state index contributed by atoms with van der Waals surface area (Å²) in [5.41, 5.74) is 6.21. The van der Waals surface area contributed by atoms with Crippen LogP contribution in [0.1, 0.15) is 20.1 Å². The van der Waals surface area contributed by atoms with Crippen LogP contribution in [0.5, 0.6) is 0 Å². The van der Waals surface area contributed by atoms with Crippen molar-refractivity contribution in [2.45, 2.75) is 44.4 Å². The van der Waals surface area contributed by atoms with Gasteiger partial charge in [-0.15, -0.1) is 0 Å². The highest BCUT2D eigenvalue weighted by molar-refractivity contribution is 7.48. The lowest BCUT2D eigenvalue weighted by atomic mass is 10.1. The molecule has 1 fully saturated rings. The van der Waals surface area contributed by atoms with E-state index in [1.54, 1.807) is 0 Å². The van der Waals surface area contributed by atoms with Crippen LogP contribution in [-0.2, 0) is 27.9 Å².